The molecule has 2 aromatic rings. The average Bonchev–Trinajstić information content (AvgIpc) is 2.78. The van der Waals surface area contributed by atoms with Crippen LogP contribution >= 0.6 is 0 Å². The Morgan fingerprint density at radius 3 is 2.39 bits per heavy atom. The minimum absolute atomic E-state index is 0.0487. The van der Waals surface area contributed by atoms with E-state index < -0.39 is 9.84 Å². The van der Waals surface area contributed by atoms with Crippen molar-refractivity contribution in [2.75, 3.05) is 11.1 Å². The number of nitrogens with one attached hydrogen (secondary N) is 1. The zero-order valence-corrected chi connectivity index (χ0v) is 19.3. The summed E-state index contributed by atoms with van der Waals surface area (Å²) in [4.78, 5) is 12.0. The molecule has 31 heavy (non-hydrogen) atoms. The fourth-order valence-electron chi connectivity index (χ4n) is 4.92. The van der Waals surface area contributed by atoms with Crippen molar-refractivity contribution in [2.45, 2.75) is 70.1 Å². The van der Waals surface area contributed by atoms with Crippen LogP contribution in [0.25, 0.3) is 16.7 Å². The second-order valence-electron chi connectivity index (χ2n) is 8.66. The van der Waals surface area contributed by atoms with Crippen LogP contribution in [0.4, 0.5) is 5.69 Å². The summed E-state index contributed by atoms with van der Waals surface area (Å²) in [5.74, 6) is -0.123. The van der Waals surface area contributed by atoms with Gasteiger partial charge in [0.15, 0.2) is 9.84 Å². The number of sulfone groups is 1. The summed E-state index contributed by atoms with van der Waals surface area (Å²) >= 11 is 0. The van der Waals surface area contributed by atoms with E-state index in [0.29, 0.717) is 10.6 Å². The fourth-order valence-corrected chi connectivity index (χ4v) is 5.83. The first-order valence-electron chi connectivity index (χ1n) is 11.4. The van der Waals surface area contributed by atoms with Gasteiger partial charge in [-0.1, -0.05) is 37.1 Å². The monoisotopic (exact) mass is 437 g/mol. The number of aryl methyl sites for hydroxylation is 1. The van der Waals surface area contributed by atoms with E-state index in [2.05, 4.69) is 23.5 Å². The Hall–Kier alpha value is -2.40. The van der Waals surface area contributed by atoms with Crippen LogP contribution in [-0.2, 0) is 21.1 Å². The normalized spacial score (nSPS) is 16.7. The molecule has 2 aliphatic carbocycles. The highest BCUT2D eigenvalue weighted by Gasteiger charge is 2.21. The first kappa shape index (κ1) is 21.8. The summed E-state index contributed by atoms with van der Waals surface area (Å²) in [6, 6.07) is 11.5. The number of hydrogen-bond donors (Lipinski definition) is 1. The average molecular weight is 438 g/mol. The van der Waals surface area contributed by atoms with Crippen molar-refractivity contribution < 1.29 is 13.2 Å². The summed E-state index contributed by atoms with van der Waals surface area (Å²) in [5, 5.41) is 2.87. The number of allylic oxidation sites excluding steroid dienone is 2. The Balaban J connectivity index is 1.81. The Morgan fingerprint density at radius 1 is 0.903 bits per heavy atom. The third kappa shape index (κ3) is 4.62. The van der Waals surface area contributed by atoms with Crippen molar-refractivity contribution in [1.29, 1.82) is 0 Å². The molecule has 0 aromatic heterocycles. The maximum Gasteiger partial charge on any atom is 0.221 e. The van der Waals surface area contributed by atoms with Gasteiger partial charge < -0.3 is 5.32 Å². The summed E-state index contributed by atoms with van der Waals surface area (Å²) < 4.78 is 25.0. The number of hydrogen-bond acceptors (Lipinski definition) is 3. The standard InChI is InChI=1S/C26H31NO3S/c1-3-31(29,30)22-13-15-26(27-18(2)28)25(17-22)21-12-14-24-20(16-21)10-7-11-23(24)19-8-5-4-6-9-19/h12-17H,3-11H2,1-2H3,(H,27,28). The van der Waals surface area contributed by atoms with Crippen molar-refractivity contribution in [3.8, 4) is 11.1 Å². The Morgan fingerprint density at radius 2 is 1.68 bits per heavy atom. The number of anilines is 1. The van der Waals surface area contributed by atoms with E-state index in [-0.39, 0.29) is 11.7 Å². The smallest absolute Gasteiger partial charge is 0.221 e. The highest BCUT2D eigenvalue weighted by atomic mass is 32.2. The molecule has 164 valence electrons. The zero-order chi connectivity index (χ0) is 22.0. The summed E-state index contributed by atoms with van der Waals surface area (Å²) in [6.07, 6.45) is 9.71. The molecule has 0 unspecified atom stereocenters. The lowest BCUT2D eigenvalue weighted by Crippen LogP contribution is -2.10. The number of amides is 1. The molecule has 0 atom stereocenters. The Kier molecular flexibility index (Phi) is 6.33. The van der Waals surface area contributed by atoms with Gasteiger partial charge in [0, 0.05) is 18.2 Å². The van der Waals surface area contributed by atoms with Crippen molar-refractivity contribution >= 4 is 27.0 Å². The van der Waals surface area contributed by atoms with Crippen LogP contribution in [0, 0.1) is 0 Å². The van der Waals surface area contributed by atoms with E-state index >= 15 is 0 Å². The van der Waals surface area contributed by atoms with Gasteiger partial charge in [-0.15, -0.1) is 0 Å². The van der Waals surface area contributed by atoms with Crippen molar-refractivity contribution in [3.05, 3.63) is 53.1 Å². The zero-order valence-electron chi connectivity index (χ0n) is 18.5. The highest BCUT2D eigenvalue weighted by molar-refractivity contribution is 7.91. The van der Waals surface area contributed by atoms with Crippen molar-refractivity contribution in [3.63, 3.8) is 0 Å². The molecule has 0 radical (unpaired) electrons. The van der Waals surface area contributed by atoms with E-state index in [0.717, 1.165) is 30.4 Å². The van der Waals surface area contributed by atoms with E-state index in [9.17, 15) is 13.2 Å². The van der Waals surface area contributed by atoms with Gasteiger partial charge in [0.2, 0.25) is 5.91 Å². The summed E-state index contributed by atoms with van der Waals surface area (Å²) in [7, 11) is -3.33. The van der Waals surface area contributed by atoms with Gasteiger partial charge in [-0.2, -0.15) is 0 Å². The van der Waals surface area contributed by atoms with Crippen molar-refractivity contribution in [2.24, 2.45) is 0 Å². The number of carbonyl (C=O) groups is 1. The van der Waals surface area contributed by atoms with Gasteiger partial charge in [-0.3, -0.25) is 4.79 Å². The first-order valence-corrected chi connectivity index (χ1v) is 13.0. The lowest BCUT2D eigenvalue weighted by Gasteiger charge is -2.26. The van der Waals surface area contributed by atoms with Crippen LogP contribution in [0.2, 0.25) is 0 Å². The largest absolute Gasteiger partial charge is 0.326 e. The van der Waals surface area contributed by atoms with E-state index in [1.807, 2.05) is 0 Å². The van der Waals surface area contributed by atoms with E-state index in [1.54, 1.807) is 30.7 Å². The molecule has 0 saturated heterocycles. The number of rotatable bonds is 4. The number of carbonyl (C=O) groups excluding carboxylic acids is 1. The predicted molar refractivity (Wildman–Crippen MR) is 127 cm³/mol. The summed E-state index contributed by atoms with van der Waals surface area (Å²) in [6.45, 7) is 3.12. The lowest BCUT2D eigenvalue weighted by molar-refractivity contribution is -0.114. The van der Waals surface area contributed by atoms with Gasteiger partial charge in [-0.05, 0) is 85.4 Å². The molecule has 2 aromatic carbocycles. The molecule has 4 nitrogen and oxygen atoms in total. The second kappa shape index (κ2) is 8.99. The van der Waals surface area contributed by atoms with Crippen molar-refractivity contribution in [1.82, 2.24) is 0 Å². The highest BCUT2D eigenvalue weighted by Crippen LogP contribution is 2.40. The van der Waals surface area contributed by atoms with Crippen LogP contribution in [0.15, 0.2) is 46.9 Å². The van der Waals surface area contributed by atoms with Crippen LogP contribution < -0.4 is 5.32 Å². The molecule has 1 amide bonds. The third-order valence-corrected chi connectivity index (χ3v) is 8.27. The lowest BCUT2D eigenvalue weighted by atomic mass is 9.80. The van der Waals surface area contributed by atoms with E-state index in [1.165, 1.54) is 55.7 Å². The molecular weight excluding hydrogens is 406 g/mol. The van der Waals surface area contributed by atoms with Crippen LogP contribution in [-0.4, -0.2) is 20.1 Å². The molecule has 0 heterocycles. The minimum atomic E-state index is -3.33. The fraction of sp³-hybridized carbons (Fsp3) is 0.423. The first-order chi connectivity index (χ1) is 14.9. The van der Waals surface area contributed by atoms with Gasteiger partial charge in [-0.25, -0.2) is 8.42 Å². The van der Waals surface area contributed by atoms with Crippen LogP contribution in [0.3, 0.4) is 0 Å². The molecule has 1 N–H and O–H groups in total. The molecule has 1 saturated carbocycles. The Bertz CT molecular complexity index is 1140. The second-order valence-corrected chi connectivity index (χ2v) is 10.9. The van der Waals surface area contributed by atoms with Gasteiger partial charge in [0.1, 0.15) is 0 Å². The number of benzene rings is 2. The van der Waals surface area contributed by atoms with Gasteiger partial charge in [0.05, 0.1) is 10.6 Å². The third-order valence-electron chi connectivity index (χ3n) is 6.54. The molecule has 5 heteroatoms. The van der Waals surface area contributed by atoms with Gasteiger partial charge >= 0.3 is 0 Å². The maximum absolute atomic E-state index is 12.5. The molecule has 0 spiro atoms. The predicted octanol–water partition coefficient (Wildman–Crippen LogP) is 6.16. The maximum atomic E-state index is 12.5. The van der Waals surface area contributed by atoms with Crippen LogP contribution in [0.1, 0.15) is 69.9 Å². The summed E-state index contributed by atoms with van der Waals surface area (Å²) in [5.41, 5.74) is 8.21. The molecule has 0 aliphatic heterocycles. The molecule has 0 bridgehead atoms. The topological polar surface area (TPSA) is 63.2 Å². The molecule has 4 rings (SSSR count). The Labute approximate surface area is 185 Å². The minimum Gasteiger partial charge on any atom is -0.326 e. The number of fused-ring (bicyclic) bond motifs is 1. The van der Waals surface area contributed by atoms with E-state index in [4.69, 9.17) is 0 Å². The van der Waals surface area contributed by atoms with Gasteiger partial charge in [0.25, 0.3) is 0 Å². The molecular formula is C26H31NO3S. The molecule has 2 aliphatic rings. The SMILES string of the molecule is CCS(=O)(=O)c1ccc(NC(C)=O)c(-c2ccc3c(c2)CCCC3=C2CCCCC2)c1. The molecule has 1 fully saturated rings. The van der Waals surface area contributed by atoms with Crippen LogP contribution in [0.5, 0.6) is 0 Å². The quantitative estimate of drug-likeness (QED) is 0.623.